The molecule has 1 aliphatic carbocycles. The van der Waals surface area contributed by atoms with Crippen LogP contribution in [-0.2, 0) is 29.2 Å². The van der Waals surface area contributed by atoms with E-state index < -0.39 is 75.1 Å². The molecule has 5 atom stereocenters. The highest BCUT2D eigenvalue weighted by molar-refractivity contribution is 7.88. The fourth-order valence-electron chi connectivity index (χ4n) is 6.29. The highest BCUT2D eigenvalue weighted by Gasteiger charge is 2.45. The molecule has 1 unspecified atom stereocenters. The highest BCUT2D eigenvalue weighted by Crippen LogP contribution is 2.32. The molecule has 1 heterocycles. The van der Waals surface area contributed by atoms with Crippen molar-refractivity contribution in [3.05, 3.63) is 25.3 Å². The number of carbonyl (C=O) groups excluding carboxylic acids is 5. The summed E-state index contributed by atoms with van der Waals surface area (Å²) in [6.07, 6.45) is 10.5. The first-order chi connectivity index (χ1) is 22.5. The first-order valence-electron chi connectivity index (χ1n) is 17.1. The average molecular weight is 695 g/mol. The van der Waals surface area contributed by atoms with E-state index in [1.165, 1.54) is 22.3 Å². The van der Waals surface area contributed by atoms with Gasteiger partial charge in [0.2, 0.25) is 27.6 Å². The number of unbranched alkanes of at least 4 members (excludes halogenated alkanes) is 1. The van der Waals surface area contributed by atoms with Crippen molar-refractivity contribution < 1.29 is 32.4 Å². The number of hydrogen-bond acceptors (Lipinski definition) is 7. The Labute approximate surface area is 287 Å². The van der Waals surface area contributed by atoms with Gasteiger partial charge >= 0.3 is 6.03 Å². The third-order valence-electron chi connectivity index (χ3n) is 9.44. The number of hydrogen-bond donors (Lipinski definition) is 4. The topological polar surface area (TPSA) is 174 Å². The van der Waals surface area contributed by atoms with Crippen LogP contribution in [0.1, 0.15) is 85.5 Å². The summed E-state index contributed by atoms with van der Waals surface area (Å²) in [4.78, 5) is 68.9. The van der Waals surface area contributed by atoms with Gasteiger partial charge in [0.1, 0.15) is 12.1 Å². The molecule has 1 saturated carbocycles. The quantitative estimate of drug-likeness (QED) is 0.134. The van der Waals surface area contributed by atoms with E-state index in [2.05, 4.69) is 34.4 Å². The minimum Gasteiger partial charge on any atom is -0.346 e. The number of likely N-dealkylation sites (N-methyl/N-ethyl adjacent to an activating group) is 1. The molecule has 48 heavy (non-hydrogen) atoms. The van der Waals surface area contributed by atoms with E-state index in [1.807, 2.05) is 27.7 Å². The lowest BCUT2D eigenvalue weighted by molar-refractivity contribution is -0.143. The number of nitrogens with zero attached hydrogens (tertiary/aromatic N) is 2. The predicted molar refractivity (Wildman–Crippen MR) is 186 cm³/mol. The normalized spacial score (nSPS) is 20.7. The van der Waals surface area contributed by atoms with Gasteiger partial charge in [0.05, 0.1) is 12.3 Å². The standard InChI is InChI=1S/C34H58N6O7S/c1-9-12-18-25(29(41)31(43)35-20-10-2)36-30(42)28-23(11-3)19-21-40(28)32(44)27(24-16-14-13-15-17-24)38-33(45)37-26(34(4,5)6)22-39(7)48(8,46)47/h10-11,23-28H,2-3,9,12-22H2,1,4-8H3,(H,35,43)(H,36,42)(H2,37,38,45)/t23-,25?,26+,27-,28-/m0/s1. The molecule has 0 aromatic rings. The van der Waals surface area contributed by atoms with Crippen molar-refractivity contribution in [2.75, 3.05) is 32.9 Å². The Morgan fingerprint density at radius 2 is 1.65 bits per heavy atom. The third-order valence-corrected chi connectivity index (χ3v) is 10.7. The monoisotopic (exact) mass is 694 g/mol. The molecule has 2 rings (SSSR count). The Balaban J connectivity index is 2.36. The molecule has 0 spiro atoms. The van der Waals surface area contributed by atoms with Crippen LogP contribution in [0.2, 0.25) is 0 Å². The maximum absolute atomic E-state index is 14.4. The number of ketones is 1. The smallest absolute Gasteiger partial charge is 0.315 e. The number of sulfonamides is 1. The summed E-state index contributed by atoms with van der Waals surface area (Å²) in [5, 5.41) is 11.1. The summed E-state index contributed by atoms with van der Waals surface area (Å²) in [6.45, 7) is 15.4. The van der Waals surface area contributed by atoms with Crippen LogP contribution in [0.4, 0.5) is 4.79 Å². The zero-order chi connectivity index (χ0) is 36.2. The molecule has 13 nitrogen and oxygen atoms in total. The van der Waals surface area contributed by atoms with Crippen molar-refractivity contribution in [2.24, 2.45) is 17.3 Å². The molecule has 2 aliphatic rings. The predicted octanol–water partition coefficient (Wildman–Crippen LogP) is 2.49. The summed E-state index contributed by atoms with van der Waals surface area (Å²) in [7, 11) is -2.05. The maximum Gasteiger partial charge on any atom is 0.315 e. The molecule has 1 aliphatic heterocycles. The summed E-state index contributed by atoms with van der Waals surface area (Å²) in [5.74, 6) is -3.11. The van der Waals surface area contributed by atoms with E-state index in [-0.39, 0.29) is 32.0 Å². The van der Waals surface area contributed by atoms with Crippen molar-refractivity contribution in [3.8, 4) is 0 Å². The first-order valence-corrected chi connectivity index (χ1v) is 19.0. The number of amides is 5. The van der Waals surface area contributed by atoms with Gasteiger partial charge in [0.15, 0.2) is 0 Å². The number of likely N-dealkylation sites (tertiary alicyclic amines) is 1. The van der Waals surface area contributed by atoms with Gasteiger partial charge in [-0.2, -0.15) is 0 Å². The molecule has 272 valence electrons. The largest absolute Gasteiger partial charge is 0.346 e. The van der Waals surface area contributed by atoms with Crippen LogP contribution in [0.25, 0.3) is 0 Å². The molecule has 0 aromatic heterocycles. The van der Waals surface area contributed by atoms with Gasteiger partial charge < -0.3 is 26.2 Å². The molecule has 0 bridgehead atoms. The summed E-state index contributed by atoms with van der Waals surface area (Å²) in [5.41, 5.74) is -0.510. The van der Waals surface area contributed by atoms with Crippen LogP contribution in [0.15, 0.2) is 25.3 Å². The van der Waals surface area contributed by atoms with Gasteiger partial charge in [0, 0.05) is 38.6 Å². The van der Waals surface area contributed by atoms with Crippen LogP contribution in [0, 0.1) is 17.3 Å². The van der Waals surface area contributed by atoms with Crippen molar-refractivity contribution in [1.82, 2.24) is 30.5 Å². The highest BCUT2D eigenvalue weighted by atomic mass is 32.2. The second-order valence-corrected chi connectivity index (χ2v) is 16.3. The van der Waals surface area contributed by atoms with Gasteiger partial charge in [-0.25, -0.2) is 17.5 Å². The molecule has 0 aromatic carbocycles. The molecule has 1 saturated heterocycles. The lowest BCUT2D eigenvalue weighted by Gasteiger charge is -2.37. The van der Waals surface area contributed by atoms with E-state index >= 15 is 0 Å². The van der Waals surface area contributed by atoms with Crippen LogP contribution in [-0.4, -0.2) is 104 Å². The Kier molecular flexibility index (Phi) is 15.8. The summed E-state index contributed by atoms with van der Waals surface area (Å²) < 4.78 is 25.4. The molecule has 5 amide bonds. The second-order valence-electron chi connectivity index (χ2n) is 14.2. The van der Waals surface area contributed by atoms with Gasteiger partial charge in [0.25, 0.3) is 5.91 Å². The lowest BCUT2D eigenvalue weighted by atomic mass is 9.83. The Hall–Kier alpha value is -3.26. The zero-order valence-electron chi connectivity index (χ0n) is 29.7. The maximum atomic E-state index is 14.4. The fraction of sp³-hybridized carbons (Fsp3) is 0.735. The van der Waals surface area contributed by atoms with Crippen molar-refractivity contribution in [1.29, 1.82) is 0 Å². The molecule has 0 radical (unpaired) electrons. The van der Waals surface area contributed by atoms with Gasteiger partial charge in [-0.15, -0.1) is 13.2 Å². The fourth-order valence-corrected chi connectivity index (χ4v) is 6.71. The number of urea groups is 1. The minimum atomic E-state index is -3.50. The second kappa shape index (κ2) is 18.5. The van der Waals surface area contributed by atoms with E-state index in [0.29, 0.717) is 12.8 Å². The van der Waals surface area contributed by atoms with E-state index in [1.54, 1.807) is 6.08 Å². The number of rotatable bonds is 17. The minimum absolute atomic E-state index is 0.0384. The van der Waals surface area contributed by atoms with Crippen molar-refractivity contribution in [3.63, 3.8) is 0 Å². The number of Topliss-reactive ketones (excluding diaryl/α,β-unsaturated/α-hetero) is 1. The average Bonchev–Trinajstić information content (AvgIpc) is 3.47. The number of nitrogens with one attached hydrogen (secondary N) is 4. The summed E-state index contributed by atoms with van der Waals surface area (Å²) in [6, 6.07) is -4.15. The van der Waals surface area contributed by atoms with Gasteiger partial charge in [-0.3, -0.25) is 19.2 Å². The van der Waals surface area contributed by atoms with Crippen LogP contribution in [0.3, 0.4) is 0 Å². The molecular weight excluding hydrogens is 636 g/mol. The molecule has 4 N–H and O–H groups in total. The number of carbonyl (C=O) groups is 5. The Bertz CT molecular complexity index is 1270. The Morgan fingerprint density at radius 1 is 1.00 bits per heavy atom. The molecular formula is C34H58N6O7S. The van der Waals surface area contributed by atoms with Gasteiger partial charge in [-0.1, -0.05) is 72.0 Å². The van der Waals surface area contributed by atoms with Crippen molar-refractivity contribution >= 4 is 39.6 Å². The summed E-state index contributed by atoms with van der Waals surface area (Å²) >= 11 is 0. The van der Waals surface area contributed by atoms with E-state index in [0.717, 1.165) is 44.8 Å². The van der Waals surface area contributed by atoms with Crippen LogP contribution < -0.4 is 21.3 Å². The molecule has 14 heteroatoms. The van der Waals surface area contributed by atoms with Gasteiger partial charge in [-0.05, 0) is 37.0 Å². The van der Waals surface area contributed by atoms with Crippen LogP contribution in [0.5, 0.6) is 0 Å². The molecule has 2 fully saturated rings. The van der Waals surface area contributed by atoms with Crippen LogP contribution >= 0.6 is 0 Å². The third kappa shape index (κ3) is 11.7. The Morgan fingerprint density at radius 3 is 2.19 bits per heavy atom. The van der Waals surface area contributed by atoms with E-state index in [9.17, 15) is 32.4 Å². The SMILES string of the molecule is C=CCNC(=O)C(=O)C(CCCC)NC(=O)[C@@H]1[C@@H](C=C)CCN1C(=O)[C@@H](NC(=O)N[C@H](CN(C)S(C)(=O)=O)C(C)(C)C)C1CCCCC1. The van der Waals surface area contributed by atoms with E-state index in [4.69, 9.17) is 0 Å². The zero-order valence-corrected chi connectivity index (χ0v) is 30.5. The lowest BCUT2D eigenvalue weighted by Crippen LogP contribution is -2.61. The van der Waals surface area contributed by atoms with Crippen molar-refractivity contribution in [2.45, 2.75) is 110 Å². The first kappa shape index (κ1) is 40.9.